The van der Waals surface area contributed by atoms with E-state index >= 15 is 0 Å². The molecule has 0 N–H and O–H groups in total. The van der Waals surface area contributed by atoms with Crippen LogP contribution in [0.3, 0.4) is 0 Å². The molecule has 3 rings (SSSR count). The first kappa shape index (κ1) is 14.8. The van der Waals surface area contributed by atoms with Gasteiger partial charge in [0.1, 0.15) is 18.2 Å². The number of oxime groups is 1. The van der Waals surface area contributed by atoms with Gasteiger partial charge in [0.05, 0.1) is 12.8 Å². The molecule has 0 fully saturated rings. The summed E-state index contributed by atoms with van der Waals surface area (Å²) in [7, 11) is 0. The molecule has 0 radical (unpaired) electrons. The van der Waals surface area contributed by atoms with E-state index in [2.05, 4.69) is 5.16 Å². The third kappa shape index (κ3) is 3.55. The highest BCUT2D eigenvalue weighted by Gasteiger charge is 2.16. The van der Waals surface area contributed by atoms with Gasteiger partial charge < -0.3 is 14.3 Å². The van der Waals surface area contributed by atoms with E-state index in [1.807, 2.05) is 0 Å². The summed E-state index contributed by atoms with van der Waals surface area (Å²) >= 11 is 6.06. The van der Waals surface area contributed by atoms with Crippen molar-refractivity contribution < 1.29 is 18.7 Å². The van der Waals surface area contributed by atoms with Crippen LogP contribution in [-0.2, 0) is 22.8 Å². The summed E-state index contributed by atoms with van der Waals surface area (Å²) in [4.78, 5) is 5.25. The smallest absolute Gasteiger partial charge is 0.189 e. The summed E-state index contributed by atoms with van der Waals surface area (Å²) in [5.74, 6) is 0.401. The third-order valence-corrected chi connectivity index (χ3v) is 3.31. The van der Waals surface area contributed by atoms with E-state index < -0.39 is 0 Å². The minimum Gasteiger partial charge on any atom is -0.467 e. The fraction of sp³-hybridized carbons (Fsp3) is 0.188. The Kier molecular flexibility index (Phi) is 4.56. The molecule has 4 nitrogen and oxygen atoms in total. The topological polar surface area (TPSA) is 40.0 Å². The maximum atomic E-state index is 13.0. The minimum absolute atomic E-state index is 0.203. The van der Waals surface area contributed by atoms with Crippen LogP contribution in [-0.4, -0.2) is 13.0 Å². The van der Waals surface area contributed by atoms with Gasteiger partial charge in [-0.15, -0.1) is 0 Å². The fourth-order valence-corrected chi connectivity index (χ4v) is 2.42. The molecule has 0 spiro atoms. The van der Waals surface area contributed by atoms with Gasteiger partial charge in [-0.25, -0.2) is 4.39 Å². The first-order chi connectivity index (χ1) is 10.7. The zero-order chi connectivity index (χ0) is 15.4. The molecule has 0 saturated heterocycles. The van der Waals surface area contributed by atoms with Crippen LogP contribution in [0.25, 0.3) is 0 Å². The molecule has 0 atom stereocenters. The van der Waals surface area contributed by atoms with E-state index in [-0.39, 0.29) is 19.2 Å². The average molecular weight is 322 g/mol. The van der Waals surface area contributed by atoms with Crippen molar-refractivity contribution in [1.29, 1.82) is 0 Å². The highest BCUT2D eigenvalue weighted by Crippen LogP contribution is 2.32. The van der Waals surface area contributed by atoms with Crippen molar-refractivity contribution in [2.24, 2.45) is 5.16 Å². The molecule has 0 unspecified atom stereocenters. The predicted molar refractivity (Wildman–Crippen MR) is 80.5 cm³/mol. The Hall–Kier alpha value is -2.11. The van der Waals surface area contributed by atoms with Gasteiger partial charge in [-0.3, -0.25) is 0 Å². The summed E-state index contributed by atoms with van der Waals surface area (Å²) in [6, 6.07) is 9.65. The Bertz CT molecular complexity index is 706. The molecule has 0 aliphatic carbocycles. The van der Waals surface area contributed by atoms with Crippen LogP contribution in [0, 0.1) is 5.82 Å². The number of rotatable bonds is 4. The quantitative estimate of drug-likeness (QED) is 0.633. The van der Waals surface area contributed by atoms with E-state index in [1.165, 1.54) is 18.3 Å². The number of fused-ring (bicyclic) bond motifs is 1. The van der Waals surface area contributed by atoms with Crippen LogP contribution < -0.4 is 4.74 Å². The number of nitrogens with zero attached hydrogens (tertiary/aromatic N) is 1. The molecule has 0 saturated carbocycles. The van der Waals surface area contributed by atoms with Crippen LogP contribution in [0.2, 0.25) is 5.02 Å². The van der Waals surface area contributed by atoms with E-state index in [9.17, 15) is 4.39 Å². The Morgan fingerprint density at radius 2 is 2.23 bits per heavy atom. The van der Waals surface area contributed by atoms with Gasteiger partial charge in [0.15, 0.2) is 6.79 Å². The van der Waals surface area contributed by atoms with E-state index in [0.717, 1.165) is 16.9 Å². The summed E-state index contributed by atoms with van der Waals surface area (Å²) in [5.41, 5.74) is 2.30. The van der Waals surface area contributed by atoms with Gasteiger partial charge in [0.25, 0.3) is 0 Å². The lowest BCUT2D eigenvalue weighted by atomic mass is 10.1. The molecular formula is C16H13ClFNO3. The molecule has 0 amide bonds. The van der Waals surface area contributed by atoms with Gasteiger partial charge >= 0.3 is 0 Å². The zero-order valence-corrected chi connectivity index (χ0v) is 12.3. The second-order valence-corrected chi connectivity index (χ2v) is 5.16. The fourth-order valence-electron chi connectivity index (χ4n) is 2.16. The van der Waals surface area contributed by atoms with E-state index in [1.54, 1.807) is 24.3 Å². The van der Waals surface area contributed by atoms with Crippen LogP contribution >= 0.6 is 11.6 Å². The largest absolute Gasteiger partial charge is 0.467 e. The first-order valence-electron chi connectivity index (χ1n) is 6.65. The van der Waals surface area contributed by atoms with Crippen molar-refractivity contribution >= 4 is 17.8 Å². The monoisotopic (exact) mass is 321 g/mol. The van der Waals surface area contributed by atoms with Gasteiger partial charge in [-0.1, -0.05) is 28.9 Å². The molecule has 22 heavy (non-hydrogen) atoms. The number of ether oxygens (including phenoxy) is 2. The molecule has 0 aromatic heterocycles. The normalized spacial score (nSPS) is 13.7. The SMILES string of the molecule is Fc1cccc(/C=N\OCc2cc(Cl)cc3c2OCOC3)c1. The van der Waals surface area contributed by atoms with Crippen molar-refractivity contribution in [3.8, 4) is 5.75 Å². The summed E-state index contributed by atoms with van der Waals surface area (Å²) in [5, 5.41) is 4.42. The lowest BCUT2D eigenvalue weighted by Gasteiger charge is -2.20. The van der Waals surface area contributed by atoms with E-state index in [0.29, 0.717) is 17.2 Å². The molecule has 2 aromatic rings. The minimum atomic E-state index is -0.318. The highest BCUT2D eigenvalue weighted by atomic mass is 35.5. The number of hydrogen-bond donors (Lipinski definition) is 0. The molecule has 1 aliphatic rings. The summed E-state index contributed by atoms with van der Waals surface area (Å²) < 4.78 is 23.7. The third-order valence-electron chi connectivity index (χ3n) is 3.10. The number of halogens is 2. The van der Waals surface area contributed by atoms with Crippen molar-refractivity contribution in [3.05, 3.63) is 63.9 Å². The average Bonchev–Trinajstić information content (AvgIpc) is 2.51. The number of benzene rings is 2. The van der Waals surface area contributed by atoms with Gasteiger partial charge in [-0.2, -0.15) is 0 Å². The van der Waals surface area contributed by atoms with Crippen LogP contribution in [0.5, 0.6) is 5.75 Å². The summed E-state index contributed by atoms with van der Waals surface area (Å²) in [6.45, 7) is 0.859. The predicted octanol–water partition coefficient (Wildman–Crippen LogP) is 3.90. The molecule has 1 heterocycles. The summed E-state index contributed by atoms with van der Waals surface area (Å²) in [6.07, 6.45) is 1.45. The Labute approximate surface area is 132 Å². The first-order valence-corrected chi connectivity index (χ1v) is 7.03. The van der Waals surface area contributed by atoms with Crippen LogP contribution in [0.15, 0.2) is 41.6 Å². The zero-order valence-electron chi connectivity index (χ0n) is 11.6. The lowest BCUT2D eigenvalue weighted by Crippen LogP contribution is -2.13. The molecule has 1 aliphatic heterocycles. The Morgan fingerprint density at radius 1 is 1.32 bits per heavy atom. The second kappa shape index (κ2) is 6.77. The standard InChI is InChI=1S/C16H13ClFNO3/c17-14-5-12-8-20-10-21-16(12)13(6-14)9-22-19-7-11-2-1-3-15(18)4-11/h1-7H,8-10H2/b19-7-. The molecule has 0 bridgehead atoms. The maximum absolute atomic E-state index is 13.0. The van der Waals surface area contributed by atoms with Crippen LogP contribution in [0.1, 0.15) is 16.7 Å². The molecule has 114 valence electrons. The highest BCUT2D eigenvalue weighted by molar-refractivity contribution is 6.30. The van der Waals surface area contributed by atoms with Crippen LogP contribution in [0.4, 0.5) is 4.39 Å². The van der Waals surface area contributed by atoms with Gasteiger partial charge in [0, 0.05) is 16.1 Å². The molecule has 2 aromatic carbocycles. The van der Waals surface area contributed by atoms with E-state index in [4.69, 9.17) is 25.9 Å². The second-order valence-electron chi connectivity index (χ2n) is 4.73. The molecule has 6 heteroatoms. The van der Waals surface area contributed by atoms with Crippen molar-refractivity contribution in [2.75, 3.05) is 6.79 Å². The Morgan fingerprint density at radius 3 is 3.09 bits per heavy atom. The van der Waals surface area contributed by atoms with Crippen molar-refractivity contribution in [1.82, 2.24) is 0 Å². The van der Waals surface area contributed by atoms with Crippen molar-refractivity contribution in [2.45, 2.75) is 13.2 Å². The number of hydrogen-bond acceptors (Lipinski definition) is 4. The Balaban J connectivity index is 1.68. The molecular weight excluding hydrogens is 309 g/mol. The van der Waals surface area contributed by atoms with Crippen molar-refractivity contribution in [3.63, 3.8) is 0 Å². The van der Waals surface area contributed by atoms with Gasteiger partial charge in [0.2, 0.25) is 0 Å². The maximum Gasteiger partial charge on any atom is 0.189 e. The lowest BCUT2D eigenvalue weighted by molar-refractivity contribution is -0.0183. The van der Waals surface area contributed by atoms with Gasteiger partial charge in [-0.05, 0) is 29.8 Å².